The summed E-state index contributed by atoms with van der Waals surface area (Å²) in [7, 11) is 0. The van der Waals surface area contributed by atoms with Crippen LogP contribution < -0.4 is 10.2 Å². The molecule has 0 amide bonds. The molecule has 3 heteroatoms. The summed E-state index contributed by atoms with van der Waals surface area (Å²) in [6, 6.07) is 6.63. The van der Waals surface area contributed by atoms with E-state index >= 15 is 0 Å². The second-order valence-electron chi connectivity index (χ2n) is 4.40. The first-order chi connectivity index (χ1) is 7.86. The fraction of sp³-hybridized carbons (Fsp3) is 0.385. The molecule has 16 heavy (non-hydrogen) atoms. The molecule has 0 aliphatic carbocycles. The molecule has 0 saturated carbocycles. The number of aromatic amines is 1. The third-order valence-electron chi connectivity index (χ3n) is 3.37. The fourth-order valence-corrected chi connectivity index (χ4v) is 2.47. The number of aromatic nitrogens is 1. The molecule has 1 aliphatic heterocycles. The third kappa shape index (κ3) is 1.48. The molecule has 1 fully saturated rings. The summed E-state index contributed by atoms with van der Waals surface area (Å²) in [5, 5.41) is 4.74. The van der Waals surface area contributed by atoms with Crippen LogP contribution in [-0.2, 0) is 0 Å². The van der Waals surface area contributed by atoms with Gasteiger partial charge in [0.25, 0.3) is 0 Å². The van der Waals surface area contributed by atoms with E-state index in [2.05, 4.69) is 40.3 Å². The molecule has 2 heterocycles. The van der Waals surface area contributed by atoms with Crippen LogP contribution in [0.4, 0.5) is 5.69 Å². The molecule has 0 spiro atoms. The molecule has 1 aromatic heterocycles. The lowest BCUT2D eigenvalue weighted by molar-refractivity contribution is 0.590. The summed E-state index contributed by atoms with van der Waals surface area (Å²) >= 11 is 0. The van der Waals surface area contributed by atoms with E-state index in [0.29, 0.717) is 0 Å². The summed E-state index contributed by atoms with van der Waals surface area (Å²) in [5.41, 5.74) is 3.96. The average molecular weight is 215 g/mol. The minimum atomic E-state index is 1.08. The standard InChI is InChI=1S/C13H17N3/c1-10-2-3-12(11-4-5-15-13(10)11)16-8-6-14-7-9-16/h2-5,14-15H,6-9H2,1H3. The van der Waals surface area contributed by atoms with E-state index in [0.717, 1.165) is 26.2 Å². The van der Waals surface area contributed by atoms with Gasteiger partial charge in [-0.3, -0.25) is 0 Å². The highest BCUT2D eigenvalue weighted by molar-refractivity contribution is 5.94. The van der Waals surface area contributed by atoms with Crippen molar-refractivity contribution in [3.63, 3.8) is 0 Å². The summed E-state index contributed by atoms with van der Waals surface area (Å²) in [4.78, 5) is 5.79. The highest BCUT2D eigenvalue weighted by Crippen LogP contribution is 2.28. The Morgan fingerprint density at radius 3 is 2.75 bits per heavy atom. The maximum atomic E-state index is 3.39. The van der Waals surface area contributed by atoms with Gasteiger partial charge in [0.15, 0.2) is 0 Å². The molecule has 3 rings (SSSR count). The summed E-state index contributed by atoms with van der Waals surface area (Å²) < 4.78 is 0. The van der Waals surface area contributed by atoms with Gasteiger partial charge in [-0.15, -0.1) is 0 Å². The summed E-state index contributed by atoms with van der Waals surface area (Å²) in [5.74, 6) is 0. The van der Waals surface area contributed by atoms with Gasteiger partial charge in [-0.1, -0.05) is 6.07 Å². The molecule has 0 atom stereocenters. The predicted octanol–water partition coefficient (Wildman–Crippen LogP) is 1.89. The number of aryl methyl sites for hydroxylation is 1. The zero-order valence-corrected chi connectivity index (χ0v) is 9.59. The van der Waals surface area contributed by atoms with Crippen molar-refractivity contribution in [3.8, 4) is 0 Å². The van der Waals surface area contributed by atoms with Crippen LogP contribution in [0.2, 0.25) is 0 Å². The van der Waals surface area contributed by atoms with E-state index in [1.54, 1.807) is 0 Å². The number of piperazine rings is 1. The maximum Gasteiger partial charge on any atom is 0.0504 e. The van der Waals surface area contributed by atoms with Crippen LogP contribution in [0, 0.1) is 6.92 Å². The molecular weight excluding hydrogens is 198 g/mol. The van der Waals surface area contributed by atoms with Gasteiger partial charge in [0.05, 0.1) is 5.52 Å². The second kappa shape index (κ2) is 3.83. The molecule has 0 unspecified atom stereocenters. The lowest BCUT2D eigenvalue weighted by atomic mass is 10.1. The number of fused-ring (bicyclic) bond motifs is 1. The Hall–Kier alpha value is -1.48. The van der Waals surface area contributed by atoms with Gasteiger partial charge in [0, 0.05) is 43.4 Å². The number of benzene rings is 1. The molecule has 1 aliphatic rings. The van der Waals surface area contributed by atoms with Crippen molar-refractivity contribution >= 4 is 16.6 Å². The lowest BCUT2D eigenvalue weighted by Gasteiger charge is -2.30. The van der Waals surface area contributed by atoms with Gasteiger partial charge in [-0.2, -0.15) is 0 Å². The Bertz CT molecular complexity index is 495. The van der Waals surface area contributed by atoms with Gasteiger partial charge in [0.2, 0.25) is 0 Å². The molecule has 2 aromatic rings. The number of rotatable bonds is 1. The number of nitrogens with one attached hydrogen (secondary N) is 2. The zero-order chi connectivity index (χ0) is 11.0. The minimum Gasteiger partial charge on any atom is -0.368 e. The van der Waals surface area contributed by atoms with E-state index < -0.39 is 0 Å². The normalized spacial score (nSPS) is 16.9. The molecule has 3 nitrogen and oxygen atoms in total. The van der Waals surface area contributed by atoms with Crippen LogP contribution in [0.1, 0.15) is 5.56 Å². The largest absolute Gasteiger partial charge is 0.368 e. The van der Waals surface area contributed by atoms with Crippen molar-refractivity contribution in [2.45, 2.75) is 6.92 Å². The van der Waals surface area contributed by atoms with Crippen LogP contribution in [-0.4, -0.2) is 31.2 Å². The van der Waals surface area contributed by atoms with Crippen LogP contribution in [0.5, 0.6) is 0 Å². The first-order valence-electron chi connectivity index (χ1n) is 5.88. The Kier molecular flexibility index (Phi) is 2.33. The van der Waals surface area contributed by atoms with Crippen LogP contribution in [0.3, 0.4) is 0 Å². The topological polar surface area (TPSA) is 31.1 Å². The van der Waals surface area contributed by atoms with E-state index in [1.807, 2.05) is 6.20 Å². The van der Waals surface area contributed by atoms with Gasteiger partial charge in [-0.25, -0.2) is 0 Å². The second-order valence-corrected chi connectivity index (χ2v) is 4.40. The Morgan fingerprint density at radius 2 is 1.94 bits per heavy atom. The molecule has 0 bridgehead atoms. The van der Waals surface area contributed by atoms with Crippen molar-refractivity contribution in [2.24, 2.45) is 0 Å². The SMILES string of the molecule is Cc1ccc(N2CCNCC2)c2cc[nH]c12. The monoisotopic (exact) mass is 215 g/mol. The molecule has 2 N–H and O–H groups in total. The Morgan fingerprint density at radius 1 is 1.12 bits per heavy atom. The van der Waals surface area contributed by atoms with Crippen LogP contribution in [0.25, 0.3) is 10.9 Å². The van der Waals surface area contributed by atoms with Gasteiger partial charge in [0.1, 0.15) is 0 Å². The van der Waals surface area contributed by atoms with E-state index in [9.17, 15) is 0 Å². The molecule has 84 valence electrons. The summed E-state index contributed by atoms with van der Waals surface area (Å²) in [6.45, 7) is 6.52. The van der Waals surface area contributed by atoms with Crippen molar-refractivity contribution < 1.29 is 0 Å². The van der Waals surface area contributed by atoms with E-state index in [-0.39, 0.29) is 0 Å². The summed E-state index contributed by atoms with van der Waals surface area (Å²) in [6.07, 6.45) is 2.03. The fourth-order valence-electron chi connectivity index (χ4n) is 2.47. The minimum absolute atomic E-state index is 1.08. The molecular formula is C13H17N3. The maximum absolute atomic E-state index is 3.39. The number of anilines is 1. The van der Waals surface area contributed by atoms with Gasteiger partial charge < -0.3 is 15.2 Å². The Labute approximate surface area is 95.5 Å². The first-order valence-corrected chi connectivity index (χ1v) is 5.88. The third-order valence-corrected chi connectivity index (χ3v) is 3.37. The lowest BCUT2D eigenvalue weighted by Crippen LogP contribution is -2.43. The first kappa shape index (κ1) is 9.73. The number of nitrogens with zero attached hydrogens (tertiary/aromatic N) is 1. The van der Waals surface area contributed by atoms with Crippen molar-refractivity contribution in [1.29, 1.82) is 0 Å². The van der Waals surface area contributed by atoms with E-state index in [1.165, 1.54) is 22.2 Å². The molecule has 0 radical (unpaired) electrons. The van der Waals surface area contributed by atoms with Crippen LogP contribution in [0.15, 0.2) is 24.4 Å². The smallest absolute Gasteiger partial charge is 0.0504 e. The number of hydrogen-bond donors (Lipinski definition) is 2. The zero-order valence-electron chi connectivity index (χ0n) is 9.59. The number of hydrogen-bond acceptors (Lipinski definition) is 2. The Balaban J connectivity index is 2.08. The highest BCUT2D eigenvalue weighted by Gasteiger charge is 2.13. The highest BCUT2D eigenvalue weighted by atomic mass is 15.2. The van der Waals surface area contributed by atoms with Gasteiger partial charge >= 0.3 is 0 Å². The van der Waals surface area contributed by atoms with Crippen molar-refractivity contribution in [1.82, 2.24) is 10.3 Å². The van der Waals surface area contributed by atoms with Crippen molar-refractivity contribution in [3.05, 3.63) is 30.0 Å². The predicted molar refractivity (Wildman–Crippen MR) is 68.1 cm³/mol. The quantitative estimate of drug-likeness (QED) is 0.761. The molecule has 1 aromatic carbocycles. The van der Waals surface area contributed by atoms with Crippen LogP contribution >= 0.6 is 0 Å². The van der Waals surface area contributed by atoms with E-state index in [4.69, 9.17) is 0 Å². The average Bonchev–Trinajstić information content (AvgIpc) is 2.81. The van der Waals surface area contributed by atoms with Gasteiger partial charge in [-0.05, 0) is 24.6 Å². The van der Waals surface area contributed by atoms with Crippen molar-refractivity contribution in [2.75, 3.05) is 31.1 Å². The molecule has 1 saturated heterocycles. The number of H-pyrrole nitrogens is 1.